The number of aliphatic hydroxyl groups is 2. The van der Waals surface area contributed by atoms with E-state index >= 15 is 0 Å². The number of benzene rings is 1. The number of unbranched alkanes of at least 4 members (excludes halogenated alkanes) is 5. The minimum Gasteiger partial charge on any atom is -0.394 e. The summed E-state index contributed by atoms with van der Waals surface area (Å²) < 4.78 is 0. The summed E-state index contributed by atoms with van der Waals surface area (Å²) in [5, 5.41) is 18.7. The molecule has 4 N–H and O–H groups in total. The highest BCUT2D eigenvalue weighted by molar-refractivity contribution is 5.35. The molecule has 1 heterocycles. The maximum atomic E-state index is 9.37. The Morgan fingerprint density at radius 2 is 1.67 bits per heavy atom. The third-order valence-electron chi connectivity index (χ3n) is 5.05. The van der Waals surface area contributed by atoms with Crippen LogP contribution in [-0.2, 0) is 19.5 Å². The van der Waals surface area contributed by atoms with E-state index in [4.69, 9.17) is 5.73 Å². The third-order valence-corrected chi connectivity index (χ3v) is 5.05. The molecule has 0 aromatic heterocycles. The monoisotopic (exact) mass is 334 g/mol. The molecular weight excluding hydrogens is 300 g/mol. The second-order valence-corrected chi connectivity index (χ2v) is 7.44. The Balaban J connectivity index is 1.80. The van der Waals surface area contributed by atoms with Gasteiger partial charge in [-0.1, -0.05) is 57.2 Å². The van der Waals surface area contributed by atoms with Gasteiger partial charge in [-0.3, -0.25) is 4.90 Å². The van der Waals surface area contributed by atoms with E-state index in [1.54, 1.807) is 0 Å². The summed E-state index contributed by atoms with van der Waals surface area (Å²) >= 11 is 0. The van der Waals surface area contributed by atoms with Crippen molar-refractivity contribution in [1.29, 1.82) is 0 Å². The van der Waals surface area contributed by atoms with E-state index < -0.39 is 5.54 Å². The fourth-order valence-corrected chi connectivity index (χ4v) is 3.49. The molecule has 0 radical (unpaired) electrons. The minimum absolute atomic E-state index is 0.195. The average molecular weight is 335 g/mol. The molecule has 1 aliphatic rings. The molecule has 0 amide bonds. The summed E-state index contributed by atoms with van der Waals surface area (Å²) in [6, 6.07) is 6.82. The zero-order valence-electron chi connectivity index (χ0n) is 15.1. The van der Waals surface area contributed by atoms with Crippen molar-refractivity contribution in [2.75, 3.05) is 19.8 Å². The van der Waals surface area contributed by atoms with E-state index in [2.05, 4.69) is 30.0 Å². The average Bonchev–Trinajstić information content (AvgIpc) is 2.99. The number of hydrogen-bond acceptors (Lipinski definition) is 4. The van der Waals surface area contributed by atoms with E-state index in [-0.39, 0.29) is 13.2 Å². The van der Waals surface area contributed by atoms with Crippen LogP contribution in [0.4, 0.5) is 0 Å². The van der Waals surface area contributed by atoms with Crippen LogP contribution in [0, 0.1) is 0 Å². The van der Waals surface area contributed by atoms with Crippen LogP contribution in [-0.4, -0.2) is 40.4 Å². The minimum atomic E-state index is -0.913. The van der Waals surface area contributed by atoms with Gasteiger partial charge in [0, 0.05) is 19.6 Å². The first kappa shape index (κ1) is 19.4. The lowest BCUT2D eigenvalue weighted by Gasteiger charge is -2.29. The molecule has 0 saturated heterocycles. The summed E-state index contributed by atoms with van der Waals surface area (Å²) in [6.45, 7) is 4.09. The van der Waals surface area contributed by atoms with Crippen molar-refractivity contribution < 1.29 is 10.2 Å². The molecule has 0 bridgehead atoms. The van der Waals surface area contributed by atoms with Gasteiger partial charge in [-0.15, -0.1) is 0 Å². The van der Waals surface area contributed by atoms with Crippen molar-refractivity contribution in [1.82, 2.24) is 4.90 Å². The summed E-state index contributed by atoms with van der Waals surface area (Å²) in [7, 11) is 0. The summed E-state index contributed by atoms with van der Waals surface area (Å²) in [5.74, 6) is 0. The molecule has 0 aliphatic carbocycles. The maximum absolute atomic E-state index is 9.37. The van der Waals surface area contributed by atoms with Crippen molar-refractivity contribution in [3.05, 3.63) is 34.9 Å². The van der Waals surface area contributed by atoms with Gasteiger partial charge in [0.1, 0.15) is 0 Å². The Kier molecular flexibility index (Phi) is 7.69. The van der Waals surface area contributed by atoms with Crippen LogP contribution in [0.2, 0.25) is 0 Å². The normalized spacial score (nSPS) is 15.0. The first-order valence-corrected chi connectivity index (χ1v) is 9.44. The lowest BCUT2D eigenvalue weighted by molar-refractivity contribution is 0.0823. The highest BCUT2D eigenvalue weighted by atomic mass is 16.3. The quantitative estimate of drug-likeness (QED) is 0.544. The van der Waals surface area contributed by atoms with Gasteiger partial charge >= 0.3 is 0 Å². The van der Waals surface area contributed by atoms with Crippen LogP contribution in [0.25, 0.3) is 0 Å². The predicted octanol–water partition coefficient (Wildman–Crippen LogP) is 2.59. The van der Waals surface area contributed by atoms with Gasteiger partial charge in [-0.05, 0) is 29.5 Å². The van der Waals surface area contributed by atoms with E-state index in [0.29, 0.717) is 6.54 Å². The van der Waals surface area contributed by atoms with Crippen molar-refractivity contribution in [2.24, 2.45) is 5.73 Å². The van der Waals surface area contributed by atoms with Gasteiger partial charge in [0.05, 0.1) is 18.8 Å². The van der Waals surface area contributed by atoms with Gasteiger partial charge in [-0.25, -0.2) is 0 Å². The molecule has 2 rings (SSSR count). The SMILES string of the molecule is CCCCCCCCc1ccc2c(c1)CN(CC(N)(CO)CO)C2. The van der Waals surface area contributed by atoms with Crippen LogP contribution >= 0.6 is 0 Å². The summed E-state index contributed by atoms with van der Waals surface area (Å²) in [6.07, 6.45) is 9.14. The fraction of sp³-hybridized carbons (Fsp3) is 0.700. The molecule has 1 aliphatic heterocycles. The lowest BCUT2D eigenvalue weighted by Crippen LogP contribution is -2.54. The summed E-state index contributed by atoms with van der Waals surface area (Å²) in [4.78, 5) is 2.21. The number of aryl methyl sites for hydroxylation is 1. The van der Waals surface area contributed by atoms with Crippen molar-refractivity contribution in [2.45, 2.75) is 70.5 Å². The zero-order valence-corrected chi connectivity index (χ0v) is 15.1. The molecule has 4 nitrogen and oxygen atoms in total. The molecule has 0 fully saturated rings. The van der Waals surface area contributed by atoms with E-state index in [1.807, 2.05) is 0 Å². The smallest absolute Gasteiger partial charge is 0.0751 e. The van der Waals surface area contributed by atoms with Crippen molar-refractivity contribution >= 4 is 0 Å². The van der Waals surface area contributed by atoms with Crippen LogP contribution < -0.4 is 5.73 Å². The van der Waals surface area contributed by atoms with Crippen LogP contribution in [0.3, 0.4) is 0 Å². The van der Waals surface area contributed by atoms with Crippen LogP contribution in [0.5, 0.6) is 0 Å². The molecule has 1 aromatic carbocycles. The number of nitrogens with zero attached hydrogens (tertiary/aromatic N) is 1. The van der Waals surface area contributed by atoms with Gasteiger partial charge in [0.2, 0.25) is 0 Å². The largest absolute Gasteiger partial charge is 0.394 e. The molecule has 0 spiro atoms. The fourth-order valence-electron chi connectivity index (χ4n) is 3.49. The Morgan fingerprint density at radius 3 is 2.38 bits per heavy atom. The van der Waals surface area contributed by atoms with Gasteiger partial charge in [-0.2, -0.15) is 0 Å². The number of nitrogens with two attached hydrogens (primary N) is 1. The Hall–Kier alpha value is -0.940. The van der Waals surface area contributed by atoms with Crippen LogP contribution in [0.1, 0.15) is 62.1 Å². The summed E-state index contributed by atoms with van der Waals surface area (Å²) in [5.41, 5.74) is 9.25. The topological polar surface area (TPSA) is 69.7 Å². The molecular formula is C20H34N2O2. The van der Waals surface area contributed by atoms with E-state index in [9.17, 15) is 10.2 Å². The molecule has 0 atom stereocenters. The second-order valence-electron chi connectivity index (χ2n) is 7.44. The maximum Gasteiger partial charge on any atom is 0.0751 e. The van der Waals surface area contributed by atoms with E-state index in [1.165, 1.54) is 55.2 Å². The highest BCUT2D eigenvalue weighted by Gasteiger charge is 2.29. The van der Waals surface area contributed by atoms with E-state index in [0.717, 1.165) is 19.5 Å². The van der Waals surface area contributed by atoms with Gasteiger partial charge in [0.15, 0.2) is 0 Å². The number of hydrogen-bond donors (Lipinski definition) is 3. The Labute approximate surface area is 146 Å². The standard InChI is InChI=1S/C20H34N2O2/c1-2-3-4-5-6-7-8-17-9-10-18-12-22(13-19(18)11-17)14-20(21,15-23)16-24/h9-11,23-24H,2-8,12-16,21H2,1H3. The van der Waals surface area contributed by atoms with Gasteiger partial charge in [0.25, 0.3) is 0 Å². The number of rotatable bonds is 11. The molecule has 1 aromatic rings. The van der Waals surface area contributed by atoms with Crippen molar-refractivity contribution in [3.63, 3.8) is 0 Å². The first-order valence-electron chi connectivity index (χ1n) is 9.44. The third kappa shape index (κ3) is 5.55. The van der Waals surface area contributed by atoms with Crippen molar-refractivity contribution in [3.8, 4) is 0 Å². The second kappa shape index (κ2) is 9.52. The first-order chi connectivity index (χ1) is 11.6. The number of aliphatic hydroxyl groups excluding tert-OH is 2. The molecule has 4 heteroatoms. The molecule has 136 valence electrons. The molecule has 0 saturated carbocycles. The lowest BCUT2D eigenvalue weighted by atomic mass is 10.0. The zero-order chi connectivity index (χ0) is 17.4. The van der Waals surface area contributed by atoms with Crippen LogP contribution in [0.15, 0.2) is 18.2 Å². The molecule has 0 unspecified atom stereocenters. The highest BCUT2D eigenvalue weighted by Crippen LogP contribution is 2.25. The number of fused-ring (bicyclic) bond motifs is 1. The van der Waals surface area contributed by atoms with Gasteiger partial charge < -0.3 is 15.9 Å². The Bertz CT molecular complexity index is 500. The predicted molar refractivity (Wildman–Crippen MR) is 98.7 cm³/mol. The molecule has 24 heavy (non-hydrogen) atoms. The Morgan fingerprint density at radius 1 is 1.00 bits per heavy atom.